The van der Waals surface area contributed by atoms with Crippen molar-refractivity contribution in [2.75, 3.05) is 19.8 Å². The zero-order valence-electron chi connectivity index (χ0n) is 10.4. The van der Waals surface area contributed by atoms with Crippen LogP contribution in [-0.4, -0.2) is 31.6 Å². The van der Waals surface area contributed by atoms with Crippen LogP contribution in [0.2, 0.25) is 0 Å². The molecule has 0 saturated carbocycles. The molecule has 6 nitrogen and oxygen atoms in total. The summed E-state index contributed by atoms with van der Waals surface area (Å²) in [5.41, 5.74) is 4.43. The molecule has 0 aliphatic carbocycles. The molecule has 1 rings (SSSR count). The Bertz CT molecular complexity index is 422. The number of carbonyl (C=O) groups is 2. The lowest BCUT2D eigenvalue weighted by Crippen LogP contribution is -2.45. The van der Waals surface area contributed by atoms with Crippen molar-refractivity contribution in [3.8, 4) is 5.75 Å². The third-order valence-electron chi connectivity index (χ3n) is 1.96. The first-order chi connectivity index (χ1) is 9.11. The van der Waals surface area contributed by atoms with Crippen molar-refractivity contribution in [1.82, 2.24) is 10.9 Å². The highest BCUT2D eigenvalue weighted by Crippen LogP contribution is 2.15. The van der Waals surface area contributed by atoms with Crippen LogP contribution in [0.4, 0.5) is 0 Å². The molecule has 104 valence electrons. The second-order valence-electron chi connectivity index (χ2n) is 3.48. The SMILES string of the molecule is CCOCC(=O)NNC(=O)COc1ccc(Br)cc1. The quantitative estimate of drug-likeness (QED) is 0.763. The molecule has 0 unspecified atom stereocenters. The van der Waals surface area contributed by atoms with Crippen LogP contribution in [0, 0.1) is 0 Å². The number of benzene rings is 1. The van der Waals surface area contributed by atoms with Gasteiger partial charge in [-0.05, 0) is 31.2 Å². The van der Waals surface area contributed by atoms with Crippen molar-refractivity contribution in [1.29, 1.82) is 0 Å². The molecular weight excluding hydrogens is 316 g/mol. The molecule has 0 aliphatic heterocycles. The molecule has 2 amide bonds. The average molecular weight is 331 g/mol. The van der Waals surface area contributed by atoms with Gasteiger partial charge in [0.15, 0.2) is 6.61 Å². The predicted octanol–water partition coefficient (Wildman–Crippen LogP) is 1.01. The average Bonchev–Trinajstić information content (AvgIpc) is 2.42. The van der Waals surface area contributed by atoms with Gasteiger partial charge in [0, 0.05) is 11.1 Å². The lowest BCUT2D eigenvalue weighted by atomic mass is 10.3. The third-order valence-corrected chi connectivity index (χ3v) is 2.49. The first-order valence-corrected chi connectivity index (χ1v) is 6.45. The van der Waals surface area contributed by atoms with Crippen LogP contribution in [0.1, 0.15) is 6.92 Å². The second-order valence-corrected chi connectivity index (χ2v) is 4.39. The molecule has 0 fully saturated rings. The fourth-order valence-electron chi connectivity index (χ4n) is 1.09. The highest BCUT2D eigenvalue weighted by Gasteiger charge is 2.05. The zero-order chi connectivity index (χ0) is 14.1. The van der Waals surface area contributed by atoms with Gasteiger partial charge in [-0.2, -0.15) is 0 Å². The Balaban J connectivity index is 2.21. The summed E-state index contributed by atoms with van der Waals surface area (Å²) in [6.45, 7) is 1.94. The van der Waals surface area contributed by atoms with Gasteiger partial charge in [-0.25, -0.2) is 0 Å². The van der Waals surface area contributed by atoms with Crippen LogP contribution in [0.3, 0.4) is 0 Å². The van der Waals surface area contributed by atoms with E-state index in [9.17, 15) is 9.59 Å². The minimum absolute atomic E-state index is 0.0929. The van der Waals surface area contributed by atoms with Gasteiger partial charge in [-0.3, -0.25) is 20.4 Å². The molecule has 0 atom stereocenters. The van der Waals surface area contributed by atoms with Crippen LogP contribution < -0.4 is 15.6 Å². The van der Waals surface area contributed by atoms with Crippen LogP contribution >= 0.6 is 15.9 Å². The van der Waals surface area contributed by atoms with E-state index in [-0.39, 0.29) is 13.2 Å². The maximum atomic E-state index is 11.4. The zero-order valence-corrected chi connectivity index (χ0v) is 12.0. The summed E-state index contributed by atoms with van der Waals surface area (Å²) in [5.74, 6) is -0.300. The van der Waals surface area contributed by atoms with E-state index < -0.39 is 11.8 Å². The van der Waals surface area contributed by atoms with E-state index in [4.69, 9.17) is 9.47 Å². The number of hydrazine groups is 1. The van der Waals surface area contributed by atoms with Gasteiger partial charge < -0.3 is 9.47 Å². The second kappa shape index (κ2) is 8.49. The number of rotatable bonds is 6. The molecule has 7 heteroatoms. The summed E-state index contributed by atoms with van der Waals surface area (Å²) in [5, 5.41) is 0. The summed E-state index contributed by atoms with van der Waals surface area (Å²) in [7, 11) is 0. The minimum atomic E-state index is -0.451. The van der Waals surface area contributed by atoms with Gasteiger partial charge in [0.1, 0.15) is 12.4 Å². The number of halogens is 1. The predicted molar refractivity (Wildman–Crippen MR) is 72.4 cm³/mol. The Morgan fingerprint density at radius 2 is 1.68 bits per heavy atom. The van der Waals surface area contributed by atoms with E-state index in [1.54, 1.807) is 31.2 Å². The van der Waals surface area contributed by atoms with Gasteiger partial charge >= 0.3 is 0 Å². The van der Waals surface area contributed by atoms with Crippen LogP contribution in [-0.2, 0) is 14.3 Å². The normalized spacial score (nSPS) is 9.79. The summed E-state index contributed by atoms with van der Waals surface area (Å²) in [6.07, 6.45) is 0. The molecular formula is C12H15BrN2O4. The first kappa shape index (κ1) is 15.5. The number of amides is 2. The summed E-state index contributed by atoms with van der Waals surface area (Å²) >= 11 is 3.29. The lowest BCUT2D eigenvalue weighted by Gasteiger charge is -2.08. The van der Waals surface area contributed by atoms with Crippen LogP contribution in [0.15, 0.2) is 28.7 Å². The third kappa shape index (κ3) is 6.78. The van der Waals surface area contributed by atoms with Crippen molar-refractivity contribution >= 4 is 27.7 Å². The van der Waals surface area contributed by atoms with E-state index in [1.807, 2.05) is 0 Å². The fraction of sp³-hybridized carbons (Fsp3) is 0.333. The standard InChI is InChI=1S/C12H15BrN2O4/c1-2-18-7-11(16)14-15-12(17)8-19-10-5-3-9(13)4-6-10/h3-6H,2,7-8H2,1H3,(H,14,16)(H,15,17). The lowest BCUT2D eigenvalue weighted by molar-refractivity contribution is -0.132. The molecule has 19 heavy (non-hydrogen) atoms. The molecule has 1 aromatic carbocycles. The monoisotopic (exact) mass is 330 g/mol. The molecule has 0 aliphatic rings. The van der Waals surface area contributed by atoms with Crippen molar-refractivity contribution in [2.24, 2.45) is 0 Å². The van der Waals surface area contributed by atoms with Gasteiger partial charge in [-0.1, -0.05) is 15.9 Å². The topological polar surface area (TPSA) is 76.7 Å². The number of hydrogen-bond acceptors (Lipinski definition) is 4. The Hall–Kier alpha value is -1.60. The largest absolute Gasteiger partial charge is 0.484 e. The van der Waals surface area contributed by atoms with E-state index in [0.717, 1.165) is 4.47 Å². The summed E-state index contributed by atoms with van der Waals surface area (Å²) in [4.78, 5) is 22.5. The Labute approximate surface area is 119 Å². The van der Waals surface area contributed by atoms with E-state index in [2.05, 4.69) is 26.8 Å². The Morgan fingerprint density at radius 1 is 1.11 bits per heavy atom. The molecule has 0 spiro atoms. The van der Waals surface area contributed by atoms with Gasteiger partial charge in [0.05, 0.1) is 0 Å². The number of ether oxygens (including phenoxy) is 2. The van der Waals surface area contributed by atoms with Gasteiger partial charge in [0.2, 0.25) is 0 Å². The number of carbonyl (C=O) groups excluding carboxylic acids is 2. The first-order valence-electron chi connectivity index (χ1n) is 5.65. The summed E-state index contributed by atoms with van der Waals surface area (Å²) < 4.78 is 11.0. The molecule has 1 aromatic rings. The van der Waals surface area contributed by atoms with E-state index in [1.165, 1.54) is 0 Å². The molecule has 2 N–H and O–H groups in total. The smallest absolute Gasteiger partial charge is 0.276 e. The molecule has 0 saturated heterocycles. The summed E-state index contributed by atoms with van der Waals surface area (Å²) in [6, 6.07) is 7.06. The maximum absolute atomic E-state index is 11.4. The molecule has 0 radical (unpaired) electrons. The Kier molecular flexibility index (Phi) is 6.91. The highest BCUT2D eigenvalue weighted by molar-refractivity contribution is 9.10. The van der Waals surface area contributed by atoms with Crippen molar-refractivity contribution in [3.05, 3.63) is 28.7 Å². The van der Waals surface area contributed by atoms with Crippen molar-refractivity contribution in [2.45, 2.75) is 6.92 Å². The number of nitrogens with one attached hydrogen (secondary N) is 2. The molecule has 0 bridgehead atoms. The van der Waals surface area contributed by atoms with Crippen LogP contribution in [0.25, 0.3) is 0 Å². The maximum Gasteiger partial charge on any atom is 0.276 e. The molecule has 0 heterocycles. The molecule has 0 aromatic heterocycles. The van der Waals surface area contributed by atoms with Crippen molar-refractivity contribution in [3.63, 3.8) is 0 Å². The van der Waals surface area contributed by atoms with Gasteiger partial charge in [0.25, 0.3) is 11.8 Å². The minimum Gasteiger partial charge on any atom is -0.484 e. The van der Waals surface area contributed by atoms with E-state index in [0.29, 0.717) is 12.4 Å². The number of hydrogen-bond donors (Lipinski definition) is 2. The van der Waals surface area contributed by atoms with Crippen LogP contribution in [0.5, 0.6) is 5.75 Å². The highest BCUT2D eigenvalue weighted by atomic mass is 79.9. The van der Waals surface area contributed by atoms with Gasteiger partial charge in [-0.15, -0.1) is 0 Å². The fourth-order valence-corrected chi connectivity index (χ4v) is 1.35. The van der Waals surface area contributed by atoms with Crippen molar-refractivity contribution < 1.29 is 19.1 Å². The Morgan fingerprint density at radius 3 is 2.26 bits per heavy atom. The van der Waals surface area contributed by atoms with E-state index >= 15 is 0 Å².